The van der Waals surface area contributed by atoms with Crippen molar-refractivity contribution in [2.24, 2.45) is 0 Å². The zero-order chi connectivity index (χ0) is 15.8. The minimum absolute atomic E-state index is 0.173. The molecule has 0 radical (unpaired) electrons. The summed E-state index contributed by atoms with van der Waals surface area (Å²) in [4.78, 5) is 15.8. The molecule has 116 valence electrons. The van der Waals surface area contributed by atoms with Crippen LogP contribution in [0.4, 0.5) is 0 Å². The highest BCUT2D eigenvalue weighted by Gasteiger charge is 2.16. The Balaban J connectivity index is 1.71. The van der Waals surface area contributed by atoms with E-state index in [1.165, 1.54) is 24.2 Å². The van der Waals surface area contributed by atoms with Crippen LogP contribution in [0.25, 0.3) is 16.9 Å². The molecular formula is C18H18N4O. The van der Waals surface area contributed by atoms with Crippen LogP contribution in [0, 0.1) is 6.92 Å². The Morgan fingerprint density at radius 1 is 1.13 bits per heavy atom. The lowest BCUT2D eigenvalue weighted by molar-refractivity contribution is 0.656. The Morgan fingerprint density at radius 3 is 2.70 bits per heavy atom. The molecule has 2 heterocycles. The van der Waals surface area contributed by atoms with E-state index in [2.05, 4.69) is 31.9 Å². The number of H-pyrrole nitrogens is 1. The van der Waals surface area contributed by atoms with Crippen LogP contribution in [0.15, 0.2) is 41.5 Å². The first kappa shape index (κ1) is 13.9. The Labute approximate surface area is 134 Å². The van der Waals surface area contributed by atoms with Gasteiger partial charge in [-0.15, -0.1) is 0 Å². The largest absolute Gasteiger partial charge is 0.303 e. The Hall–Kier alpha value is -2.69. The van der Waals surface area contributed by atoms with Gasteiger partial charge in [0, 0.05) is 23.0 Å². The van der Waals surface area contributed by atoms with Crippen LogP contribution in [0.2, 0.25) is 0 Å². The standard InChI is InChI=1S/C18H18N4O/c1-12-10-17(23)20-21-18(12)13-6-8-14(9-7-13)22-11-19-15-4-2-3-5-16(15)22/h6-11H,2-5H2,1H3,(H,20,23). The molecule has 1 aromatic carbocycles. The van der Waals surface area contributed by atoms with Gasteiger partial charge in [0.05, 0.1) is 17.7 Å². The van der Waals surface area contributed by atoms with Crippen molar-refractivity contribution in [3.8, 4) is 16.9 Å². The highest BCUT2D eigenvalue weighted by molar-refractivity contribution is 5.63. The third-order valence-corrected chi connectivity index (χ3v) is 4.45. The van der Waals surface area contributed by atoms with Crippen LogP contribution in [-0.4, -0.2) is 19.7 Å². The molecule has 4 rings (SSSR count). The summed E-state index contributed by atoms with van der Waals surface area (Å²) in [6, 6.07) is 9.81. The van der Waals surface area contributed by atoms with Crippen molar-refractivity contribution >= 4 is 0 Å². The van der Waals surface area contributed by atoms with Gasteiger partial charge in [0.2, 0.25) is 0 Å². The lowest BCUT2D eigenvalue weighted by Gasteiger charge is -2.14. The molecule has 23 heavy (non-hydrogen) atoms. The molecule has 5 nitrogen and oxygen atoms in total. The van der Waals surface area contributed by atoms with Gasteiger partial charge < -0.3 is 4.57 Å². The third-order valence-electron chi connectivity index (χ3n) is 4.45. The molecule has 1 aliphatic rings. The second-order valence-electron chi connectivity index (χ2n) is 6.03. The van der Waals surface area contributed by atoms with E-state index >= 15 is 0 Å². The molecule has 3 aromatic rings. The number of aryl methyl sites for hydroxylation is 2. The van der Waals surface area contributed by atoms with Crippen LogP contribution in [0.3, 0.4) is 0 Å². The van der Waals surface area contributed by atoms with Crippen molar-refractivity contribution in [1.29, 1.82) is 0 Å². The van der Waals surface area contributed by atoms with Crippen LogP contribution >= 0.6 is 0 Å². The van der Waals surface area contributed by atoms with Crippen molar-refractivity contribution in [3.05, 3.63) is 64.0 Å². The highest BCUT2D eigenvalue weighted by atomic mass is 16.1. The highest BCUT2D eigenvalue weighted by Crippen LogP contribution is 2.25. The Morgan fingerprint density at radius 2 is 1.91 bits per heavy atom. The molecule has 0 spiro atoms. The van der Waals surface area contributed by atoms with Gasteiger partial charge in [-0.1, -0.05) is 12.1 Å². The summed E-state index contributed by atoms with van der Waals surface area (Å²) in [7, 11) is 0. The maximum atomic E-state index is 11.3. The van der Waals surface area contributed by atoms with Crippen molar-refractivity contribution < 1.29 is 0 Å². The van der Waals surface area contributed by atoms with Gasteiger partial charge in [0.15, 0.2) is 0 Å². The van der Waals surface area contributed by atoms with Crippen LogP contribution in [0.1, 0.15) is 29.8 Å². The number of rotatable bonds is 2. The average molecular weight is 306 g/mol. The van der Waals surface area contributed by atoms with Gasteiger partial charge in [0.1, 0.15) is 0 Å². The quantitative estimate of drug-likeness (QED) is 0.792. The summed E-state index contributed by atoms with van der Waals surface area (Å²) in [6.07, 6.45) is 6.57. The molecule has 1 aliphatic carbocycles. The van der Waals surface area contributed by atoms with Gasteiger partial charge in [-0.05, 0) is 50.3 Å². The van der Waals surface area contributed by atoms with Crippen molar-refractivity contribution in [3.63, 3.8) is 0 Å². The topological polar surface area (TPSA) is 63.6 Å². The summed E-state index contributed by atoms with van der Waals surface area (Å²) in [5.74, 6) is 0. The maximum absolute atomic E-state index is 11.3. The van der Waals surface area contributed by atoms with Gasteiger partial charge in [-0.2, -0.15) is 5.10 Å². The second kappa shape index (κ2) is 5.50. The van der Waals surface area contributed by atoms with Gasteiger partial charge in [-0.3, -0.25) is 4.79 Å². The minimum Gasteiger partial charge on any atom is -0.303 e. The second-order valence-corrected chi connectivity index (χ2v) is 6.03. The number of nitrogens with one attached hydrogen (secondary N) is 1. The number of imidazole rings is 1. The van der Waals surface area contributed by atoms with E-state index in [1.54, 1.807) is 6.07 Å². The minimum atomic E-state index is -0.173. The predicted octanol–water partition coefficient (Wildman–Crippen LogP) is 2.81. The monoisotopic (exact) mass is 306 g/mol. The summed E-state index contributed by atoms with van der Waals surface area (Å²) in [6.45, 7) is 1.90. The normalized spacial score (nSPS) is 13.8. The molecule has 0 amide bonds. The average Bonchev–Trinajstić information content (AvgIpc) is 2.99. The van der Waals surface area contributed by atoms with Crippen LogP contribution in [-0.2, 0) is 12.8 Å². The number of nitrogens with zero attached hydrogens (tertiary/aromatic N) is 3. The molecule has 0 unspecified atom stereocenters. The number of hydrogen-bond donors (Lipinski definition) is 1. The van der Waals surface area contributed by atoms with E-state index in [1.807, 2.05) is 25.4 Å². The van der Waals surface area contributed by atoms with Crippen molar-refractivity contribution in [1.82, 2.24) is 19.7 Å². The summed E-state index contributed by atoms with van der Waals surface area (Å²) >= 11 is 0. The summed E-state index contributed by atoms with van der Waals surface area (Å²) in [5, 5.41) is 6.66. The smallest absolute Gasteiger partial charge is 0.264 e. The van der Waals surface area contributed by atoms with E-state index in [4.69, 9.17) is 0 Å². The molecule has 2 aromatic heterocycles. The molecular weight excluding hydrogens is 288 g/mol. The number of aromatic amines is 1. The zero-order valence-corrected chi connectivity index (χ0v) is 13.0. The van der Waals surface area contributed by atoms with Crippen molar-refractivity contribution in [2.45, 2.75) is 32.6 Å². The zero-order valence-electron chi connectivity index (χ0n) is 13.0. The lowest BCUT2D eigenvalue weighted by atomic mass is 10.0. The Kier molecular flexibility index (Phi) is 3.33. The molecule has 1 N–H and O–H groups in total. The maximum Gasteiger partial charge on any atom is 0.264 e. The number of aromatic nitrogens is 4. The van der Waals surface area contributed by atoms with Crippen LogP contribution in [0.5, 0.6) is 0 Å². The molecule has 0 bridgehead atoms. The first-order valence-electron chi connectivity index (χ1n) is 7.94. The van der Waals surface area contributed by atoms with Gasteiger partial charge in [-0.25, -0.2) is 10.1 Å². The molecule has 5 heteroatoms. The third kappa shape index (κ3) is 2.48. The fraction of sp³-hybridized carbons (Fsp3) is 0.278. The molecule has 0 aliphatic heterocycles. The Bertz CT molecular complexity index is 906. The van der Waals surface area contributed by atoms with Crippen LogP contribution < -0.4 is 5.56 Å². The molecule has 0 saturated carbocycles. The number of benzene rings is 1. The summed E-state index contributed by atoms with van der Waals surface area (Å²) < 4.78 is 2.19. The first-order chi connectivity index (χ1) is 11.2. The molecule has 0 saturated heterocycles. The van der Waals surface area contributed by atoms with Gasteiger partial charge in [0.25, 0.3) is 5.56 Å². The number of hydrogen-bond acceptors (Lipinski definition) is 3. The van der Waals surface area contributed by atoms with E-state index in [0.717, 1.165) is 35.3 Å². The SMILES string of the molecule is Cc1cc(=O)[nH]nc1-c1ccc(-n2cnc3c2CCCC3)cc1. The molecule has 0 atom stereocenters. The van der Waals surface area contributed by atoms with E-state index in [-0.39, 0.29) is 5.56 Å². The van der Waals surface area contributed by atoms with Gasteiger partial charge >= 0.3 is 0 Å². The van der Waals surface area contributed by atoms with Crippen molar-refractivity contribution in [2.75, 3.05) is 0 Å². The fourth-order valence-corrected chi connectivity index (χ4v) is 3.26. The predicted molar refractivity (Wildman–Crippen MR) is 88.8 cm³/mol. The molecule has 0 fully saturated rings. The van der Waals surface area contributed by atoms with E-state index in [9.17, 15) is 4.79 Å². The van der Waals surface area contributed by atoms with E-state index in [0.29, 0.717) is 0 Å². The summed E-state index contributed by atoms with van der Waals surface area (Å²) in [5.41, 5.74) is 6.20. The first-order valence-corrected chi connectivity index (χ1v) is 7.94. The lowest BCUT2D eigenvalue weighted by Crippen LogP contribution is -2.08. The fourth-order valence-electron chi connectivity index (χ4n) is 3.26. The number of fused-ring (bicyclic) bond motifs is 1. The van der Waals surface area contributed by atoms with E-state index < -0.39 is 0 Å².